The standard InChI is InChI=1S/C12H17NO3/c1-8(2)11(13)16-10-6-4-9(5-7-10)12(14)15-3/h4-8,11H,13H2,1-3H3. The minimum atomic E-state index is -0.361. The lowest BCUT2D eigenvalue weighted by Crippen LogP contribution is -2.32. The average Bonchev–Trinajstić information content (AvgIpc) is 2.28. The Bertz CT molecular complexity index is 346. The molecule has 88 valence electrons. The van der Waals surface area contributed by atoms with E-state index in [0.29, 0.717) is 11.3 Å². The van der Waals surface area contributed by atoms with E-state index in [-0.39, 0.29) is 18.1 Å². The fraction of sp³-hybridized carbons (Fsp3) is 0.417. The number of nitrogens with two attached hydrogens (primary N) is 1. The Labute approximate surface area is 95.3 Å². The van der Waals surface area contributed by atoms with Crippen molar-refractivity contribution in [3.63, 3.8) is 0 Å². The Balaban J connectivity index is 2.68. The maximum absolute atomic E-state index is 11.2. The van der Waals surface area contributed by atoms with E-state index >= 15 is 0 Å². The highest BCUT2D eigenvalue weighted by Gasteiger charge is 2.10. The molecule has 1 unspecified atom stereocenters. The van der Waals surface area contributed by atoms with Crippen LogP contribution in [-0.2, 0) is 4.74 Å². The van der Waals surface area contributed by atoms with Gasteiger partial charge in [-0.15, -0.1) is 0 Å². The van der Waals surface area contributed by atoms with Crippen LogP contribution < -0.4 is 10.5 Å². The van der Waals surface area contributed by atoms with E-state index < -0.39 is 0 Å². The summed E-state index contributed by atoms with van der Waals surface area (Å²) in [5, 5.41) is 0. The summed E-state index contributed by atoms with van der Waals surface area (Å²) in [6, 6.07) is 6.70. The molecule has 16 heavy (non-hydrogen) atoms. The first-order valence-corrected chi connectivity index (χ1v) is 5.15. The fourth-order valence-electron chi connectivity index (χ4n) is 1.08. The second kappa shape index (κ2) is 5.51. The molecule has 2 N–H and O–H groups in total. The highest BCUT2D eigenvalue weighted by atomic mass is 16.5. The normalized spacial score (nSPS) is 12.3. The topological polar surface area (TPSA) is 61.5 Å². The first-order chi connectivity index (χ1) is 7.54. The smallest absolute Gasteiger partial charge is 0.337 e. The minimum absolute atomic E-state index is 0.236. The molecule has 0 saturated carbocycles. The molecule has 1 aromatic carbocycles. The Hall–Kier alpha value is -1.55. The van der Waals surface area contributed by atoms with Gasteiger partial charge >= 0.3 is 5.97 Å². The van der Waals surface area contributed by atoms with Crippen molar-refractivity contribution in [1.29, 1.82) is 0 Å². The Morgan fingerprint density at radius 3 is 2.25 bits per heavy atom. The lowest BCUT2D eigenvalue weighted by atomic mass is 10.2. The number of carbonyl (C=O) groups is 1. The highest BCUT2D eigenvalue weighted by molar-refractivity contribution is 5.89. The molecule has 0 spiro atoms. The summed E-state index contributed by atoms with van der Waals surface area (Å²) in [5.41, 5.74) is 6.25. The molecular weight excluding hydrogens is 206 g/mol. The van der Waals surface area contributed by atoms with Gasteiger partial charge in [-0.05, 0) is 24.3 Å². The van der Waals surface area contributed by atoms with Crippen LogP contribution in [0.5, 0.6) is 5.75 Å². The van der Waals surface area contributed by atoms with Crippen LogP contribution in [0.4, 0.5) is 0 Å². The molecule has 0 heterocycles. The number of ether oxygens (including phenoxy) is 2. The third kappa shape index (κ3) is 3.24. The second-order valence-electron chi connectivity index (χ2n) is 3.84. The first-order valence-electron chi connectivity index (χ1n) is 5.15. The summed E-state index contributed by atoms with van der Waals surface area (Å²) in [6.07, 6.45) is -0.344. The zero-order valence-electron chi connectivity index (χ0n) is 9.77. The van der Waals surface area contributed by atoms with Gasteiger partial charge in [0.25, 0.3) is 0 Å². The number of methoxy groups -OCH3 is 1. The Morgan fingerprint density at radius 1 is 1.25 bits per heavy atom. The van der Waals surface area contributed by atoms with Gasteiger partial charge in [-0.2, -0.15) is 0 Å². The SMILES string of the molecule is COC(=O)c1ccc(OC(N)C(C)C)cc1. The monoisotopic (exact) mass is 223 g/mol. The van der Waals surface area contributed by atoms with Crippen molar-refractivity contribution in [3.05, 3.63) is 29.8 Å². The molecule has 1 aromatic rings. The van der Waals surface area contributed by atoms with Crippen molar-refractivity contribution in [2.45, 2.75) is 20.1 Å². The number of hydrogen-bond donors (Lipinski definition) is 1. The van der Waals surface area contributed by atoms with Crippen molar-refractivity contribution in [2.24, 2.45) is 11.7 Å². The van der Waals surface area contributed by atoms with Gasteiger partial charge in [-0.3, -0.25) is 5.73 Å². The van der Waals surface area contributed by atoms with Gasteiger partial charge in [0.05, 0.1) is 12.7 Å². The van der Waals surface area contributed by atoms with E-state index in [9.17, 15) is 4.79 Å². The average molecular weight is 223 g/mol. The molecule has 1 atom stereocenters. The van der Waals surface area contributed by atoms with Crippen LogP contribution in [0.1, 0.15) is 24.2 Å². The van der Waals surface area contributed by atoms with Gasteiger partial charge in [-0.25, -0.2) is 4.79 Å². The number of benzene rings is 1. The maximum Gasteiger partial charge on any atom is 0.337 e. The summed E-state index contributed by atoms with van der Waals surface area (Å²) in [7, 11) is 1.35. The summed E-state index contributed by atoms with van der Waals surface area (Å²) in [5.74, 6) is 0.522. The Morgan fingerprint density at radius 2 is 1.81 bits per heavy atom. The van der Waals surface area contributed by atoms with Crippen molar-refractivity contribution >= 4 is 5.97 Å². The van der Waals surface area contributed by atoms with Crippen molar-refractivity contribution in [2.75, 3.05) is 7.11 Å². The second-order valence-corrected chi connectivity index (χ2v) is 3.84. The number of rotatable bonds is 4. The van der Waals surface area contributed by atoms with Crippen LogP contribution in [0.2, 0.25) is 0 Å². The van der Waals surface area contributed by atoms with Crippen molar-refractivity contribution in [3.8, 4) is 5.75 Å². The highest BCUT2D eigenvalue weighted by Crippen LogP contribution is 2.15. The van der Waals surface area contributed by atoms with Crippen LogP contribution in [0.25, 0.3) is 0 Å². The minimum Gasteiger partial charge on any atom is -0.475 e. The van der Waals surface area contributed by atoms with Crippen molar-refractivity contribution < 1.29 is 14.3 Å². The number of carbonyl (C=O) groups excluding carboxylic acids is 1. The molecule has 0 aliphatic carbocycles. The van der Waals surface area contributed by atoms with E-state index in [1.165, 1.54) is 7.11 Å². The van der Waals surface area contributed by atoms with Crippen LogP contribution in [0, 0.1) is 5.92 Å². The number of esters is 1. The molecule has 0 bridgehead atoms. The molecule has 0 aromatic heterocycles. The van der Waals surface area contributed by atoms with Crippen LogP contribution in [0.15, 0.2) is 24.3 Å². The van der Waals surface area contributed by atoms with Gasteiger partial charge in [-0.1, -0.05) is 13.8 Å². The molecular formula is C12H17NO3. The third-order valence-electron chi connectivity index (χ3n) is 2.20. The largest absolute Gasteiger partial charge is 0.475 e. The molecule has 4 nitrogen and oxygen atoms in total. The van der Waals surface area contributed by atoms with Crippen molar-refractivity contribution in [1.82, 2.24) is 0 Å². The third-order valence-corrected chi connectivity index (χ3v) is 2.20. The molecule has 1 rings (SSSR count). The van der Waals surface area contributed by atoms with Gasteiger partial charge in [0.2, 0.25) is 0 Å². The molecule has 0 fully saturated rings. The molecule has 0 radical (unpaired) electrons. The van der Waals surface area contributed by atoms with Gasteiger partial charge in [0.1, 0.15) is 12.0 Å². The number of hydrogen-bond acceptors (Lipinski definition) is 4. The first kappa shape index (κ1) is 12.5. The predicted octanol–water partition coefficient (Wildman–Crippen LogP) is 1.79. The predicted molar refractivity (Wildman–Crippen MR) is 61.2 cm³/mol. The quantitative estimate of drug-likeness (QED) is 0.624. The molecule has 0 saturated heterocycles. The molecule has 0 amide bonds. The molecule has 4 heteroatoms. The van der Waals surface area contributed by atoms with E-state index in [2.05, 4.69) is 4.74 Å². The van der Waals surface area contributed by atoms with E-state index in [1.807, 2.05) is 13.8 Å². The fourth-order valence-corrected chi connectivity index (χ4v) is 1.08. The van der Waals surface area contributed by atoms with Gasteiger partial charge < -0.3 is 9.47 Å². The van der Waals surface area contributed by atoms with Crippen LogP contribution >= 0.6 is 0 Å². The van der Waals surface area contributed by atoms with E-state index in [0.717, 1.165) is 0 Å². The van der Waals surface area contributed by atoms with E-state index in [4.69, 9.17) is 10.5 Å². The van der Waals surface area contributed by atoms with Crippen LogP contribution in [0.3, 0.4) is 0 Å². The summed E-state index contributed by atoms with van der Waals surface area (Å²) >= 11 is 0. The summed E-state index contributed by atoms with van der Waals surface area (Å²) in [4.78, 5) is 11.2. The zero-order chi connectivity index (χ0) is 12.1. The summed E-state index contributed by atoms with van der Waals surface area (Å²) in [6.45, 7) is 3.96. The molecule has 0 aliphatic rings. The van der Waals surface area contributed by atoms with Gasteiger partial charge in [0.15, 0.2) is 0 Å². The lowest BCUT2D eigenvalue weighted by Gasteiger charge is -2.17. The van der Waals surface area contributed by atoms with E-state index in [1.54, 1.807) is 24.3 Å². The zero-order valence-corrected chi connectivity index (χ0v) is 9.77. The van der Waals surface area contributed by atoms with Gasteiger partial charge in [0, 0.05) is 5.92 Å². The Kier molecular flexibility index (Phi) is 4.31. The lowest BCUT2D eigenvalue weighted by molar-refractivity contribution is 0.0600. The van der Waals surface area contributed by atoms with Crippen LogP contribution in [-0.4, -0.2) is 19.3 Å². The summed E-state index contributed by atoms with van der Waals surface area (Å²) < 4.78 is 10.1. The maximum atomic E-state index is 11.2. The molecule has 0 aliphatic heterocycles.